The smallest absolute Gasteiger partial charge is 0.0726 e. The number of rotatable bonds is 0. The molecule has 0 aliphatic heterocycles. The molecule has 0 bridgehead atoms. The van der Waals surface area contributed by atoms with E-state index in [-0.39, 0.29) is 6.10 Å². The largest absolute Gasteiger partial charge is 0.389 e. The van der Waals surface area contributed by atoms with Crippen molar-refractivity contribution in [2.24, 2.45) is 5.92 Å². The van der Waals surface area contributed by atoms with Crippen LogP contribution in [-0.2, 0) is 0 Å². The minimum Gasteiger partial charge on any atom is -0.389 e. The van der Waals surface area contributed by atoms with Gasteiger partial charge in [-0.15, -0.1) is 0 Å². The molecule has 7 heavy (non-hydrogen) atoms. The van der Waals surface area contributed by atoms with Crippen molar-refractivity contribution in [1.82, 2.24) is 0 Å². The Morgan fingerprint density at radius 3 is 2.43 bits per heavy atom. The van der Waals surface area contributed by atoms with Gasteiger partial charge in [-0.25, -0.2) is 0 Å². The van der Waals surface area contributed by atoms with Crippen LogP contribution in [0.1, 0.15) is 13.3 Å². The number of allylic oxidation sites excluding steroid dienone is 1. The SMILES string of the molecule is CC1C=C[C@H](O)C1. The van der Waals surface area contributed by atoms with Gasteiger partial charge < -0.3 is 5.11 Å². The summed E-state index contributed by atoms with van der Waals surface area (Å²) in [4.78, 5) is 0. The number of hydrogen-bond donors (Lipinski definition) is 1. The van der Waals surface area contributed by atoms with Crippen molar-refractivity contribution < 1.29 is 5.11 Å². The molecule has 1 unspecified atom stereocenters. The summed E-state index contributed by atoms with van der Waals surface area (Å²) in [6.07, 6.45) is 4.66. The van der Waals surface area contributed by atoms with E-state index in [9.17, 15) is 0 Å². The summed E-state index contributed by atoms with van der Waals surface area (Å²) in [6, 6.07) is 0. The Balaban J connectivity index is 2.42. The molecule has 0 radical (unpaired) electrons. The number of hydrogen-bond acceptors (Lipinski definition) is 1. The predicted octanol–water partition coefficient (Wildman–Crippen LogP) is 0.943. The quantitative estimate of drug-likeness (QED) is 0.447. The van der Waals surface area contributed by atoms with Gasteiger partial charge in [-0.05, 0) is 12.3 Å². The summed E-state index contributed by atoms with van der Waals surface area (Å²) >= 11 is 0. The average molecular weight is 98.1 g/mol. The minimum atomic E-state index is -0.157. The van der Waals surface area contributed by atoms with Gasteiger partial charge in [0.1, 0.15) is 0 Å². The van der Waals surface area contributed by atoms with Crippen molar-refractivity contribution in [3.8, 4) is 0 Å². The maximum Gasteiger partial charge on any atom is 0.0726 e. The van der Waals surface area contributed by atoms with E-state index in [1.807, 2.05) is 12.2 Å². The lowest BCUT2D eigenvalue weighted by atomic mass is 10.1. The lowest BCUT2D eigenvalue weighted by Crippen LogP contribution is -1.97. The van der Waals surface area contributed by atoms with Crippen LogP contribution in [0, 0.1) is 5.92 Å². The molecular formula is C6H10O. The third kappa shape index (κ3) is 1.03. The first kappa shape index (κ1) is 4.85. The molecule has 1 aliphatic rings. The molecule has 0 aromatic carbocycles. The summed E-state index contributed by atoms with van der Waals surface area (Å²) in [7, 11) is 0. The van der Waals surface area contributed by atoms with Gasteiger partial charge in [0.2, 0.25) is 0 Å². The second-order valence-electron chi connectivity index (χ2n) is 2.17. The highest BCUT2D eigenvalue weighted by Gasteiger charge is 2.10. The molecular weight excluding hydrogens is 88.1 g/mol. The lowest BCUT2D eigenvalue weighted by molar-refractivity contribution is 0.212. The Hall–Kier alpha value is -0.300. The molecule has 1 heteroatoms. The van der Waals surface area contributed by atoms with Crippen molar-refractivity contribution in [2.75, 3.05) is 0 Å². The van der Waals surface area contributed by atoms with Gasteiger partial charge in [0.05, 0.1) is 6.10 Å². The summed E-state index contributed by atoms with van der Waals surface area (Å²) in [5.41, 5.74) is 0. The molecule has 0 heterocycles. The Kier molecular flexibility index (Phi) is 1.15. The van der Waals surface area contributed by atoms with E-state index in [0.717, 1.165) is 6.42 Å². The van der Waals surface area contributed by atoms with Gasteiger partial charge in [-0.2, -0.15) is 0 Å². The van der Waals surface area contributed by atoms with Gasteiger partial charge in [0.25, 0.3) is 0 Å². The fraction of sp³-hybridized carbons (Fsp3) is 0.667. The molecule has 0 amide bonds. The average Bonchev–Trinajstić information content (AvgIpc) is 1.87. The highest BCUT2D eigenvalue weighted by molar-refractivity contribution is 5.00. The summed E-state index contributed by atoms with van der Waals surface area (Å²) in [5.74, 6) is 0.593. The van der Waals surface area contributed by atoms with Gasteiger partial charge >= 0.3 is 0 Å². The molecule has 0 spiro atoms. The van der Waals surface area contributed by atoms with Gasteiger partial charge in [0.15, 0.2) is 0 Å². The molecule has 1 rings (SSSR count). The summed E-state index contributed by atoms with van der Waals surface area (Å²) in [5, 5.41) is 8.81. The second kappa shape index (κ2) is 1.66. The number of aliphatic hydroxyl groups is 1. The van der Waals surface area contributed by atoms with Crippen molar-refractivity contribution >= 4 is 0 Å². The third-order valence-electron chi connectivity index (χ3n) is 1.28. The van der Waals surface area contributed by atoms with Gasteiger partial charge in [-0.3, -0.25) is 0 Å². The normalized spacial score (nSPS) is 39.7. The molecule has 1 N–H and O–H groups in total. The van der Waals surface area contributed by atoms with E-state index >= 15 is 0 Å². The van der Waals surface area contributed by atoms with Crippen molar-refractivity contribution in [2.45, 2.75) is 19.4 Å². The zero-order valence-corrected chi connectivity index (χ0v) is 4.46. The van der Waals surface area contributed by atoms with Crippen LogP contribution in [0.2, 0.25) is 0 Å². The fourth-order valence-electron chi connectivity index (χ4n) is 0.856. The first-order chi connectivity index (χ1) is 3.29. The molecule has 1 aliphatic carbocycles. The zero-order valence-electron chi connectivity index (χ0n) is 4.46. The molecule has 0 fully saturated rings. The van der Waals surface area contributed by atoms with Crippen LogP contribution in [-0.4, -0.2) is 11.2 Å². The van der Waals surface area contributed by atoms with Gasteiger partial charge in [0, 0.05) is 0 Å². The van der Waals surface area contributed by atoms with E-state index in [2.05, 4.69) is 6.92 Å². The molecule has 40 valence electrons. The van der Waals surface area contributed by atoms with E-state index < -0.39 is 0 Å². The zero-order chi connectivity index (χ0) is 5.28. The Morgan fingerprint density at radius 2 is 2.29 bits per heavy atom. The maximum absolute atomic E-state index is 8.81. The Labute approximate surface area is 43.7 Å². The summed E-state index contributed by atoms with van der Waals surface area (Å²) < 4.78 is 0. The molecule has 1 nitrogen and oxygen atoms in total. The summed E-state index contributed by atoms with van der Waals surface area (Å²) in [6.45, 7) is 2.10. The van der Waals surface area contributed by atoms with Crippen LogP contribution in [0.25, 0.3) is 0 Å². The third-order valence-corrected chi connectivity index (χ3v) is 1.28. The second-order valence-corrected chi connectivity index (χ2v) is 2.17. The van der Waals surface area contributed by atoms with Crippen LogP contribution in [0.15, 0.2) is 12.2 Å². The first-order valence-electron chi connectivity index (χ1n) is 2.65. The first-order valence-corrected chi connectivity index (χ1v) is 2.65. The van der Waals surface area contributed by atoms with E-state index in [1.54, 1.807) is 0 Å². The predicted molar refractivity (Wildman–Crippen MR) is 28.9 cm³/mol. The van der Waals surface area contributed by atoms with E-state index in [1.165, 1.54) is 0 Å². The molecule has 0 aromatic heterocycles. The van der Waals surface area contributed by atoms with Crippen LogP contribution >= 0.6 is 0 Å². The van der Waals surface area contributed by atoms with E-state index in [4.69, 9.17) is 5.11 Å². The monoisotopic (exact) mass is 98.1 g/mol. The lowest BCUT2D eigenvalue weighted by Gasteiger charge is -1.96. The van der Waals surface area contributed by atoms with Crippen molar-refractivity contribution in [1.29, 1.82) is 0 Å². The van der Waals surface area contributed by atoms with Crippen LogP contribution < -0.4 is 0 Å². The molecule has 0 saturated heterocycles. The highest BCUT2D eigenvalue weighted by Crippen LogP contribution is 2.15. The van der Waals surface area contributed by atoms with Gasteiger partial charge in [-0.1, -0.05) is 19.1 Å². The Morgan fingerprint density at radius 1 is 1.57 bits per heavy atom. The topological polar surface area (TPSA) is 20.2 Å². The van der Waals surface area contributed by atoms with Crippen LogP contribution in [0.3, 0.4) is 0 Å². The molecule has 2 atom stereocenters. The highest BCUT2D eigenvalue weighted by atomic mass is 16.3. The number of aliphatic hydroxyl groups excluding tert-OH is 1. The van der Waals surface area contributed by atoms with Crippen molar-refractivity contribution in [3.05, 3.63) is 12.2 Å². The fourth-order valence-corrected chi connectivity index (χ4v) is 0.856. The standard InChI is InChI=1S/C6H10O/c1-5-2-3-6(7)4-5/h2-3,5-7H,4H2,1H3/t5?,6-/m0/s1. The maximum atomic E-state index is 8.81. The minimum absolute atomic E-state index is 0.157. The molecule has 0 saturated carbocycles. The Bertz CT molecular complexity index is 76.2. The van der Waals surface area contributed by atoms with Crippen LogP contribution in [0.4, 0.5) is 0 Å². The molecule has 0 aromatic rings. The van der Waals surface area contributed by atoms with E-state index in [0.29, 0.717) is 5.92 Å². The van der Waals surface area contributed by atoms with Crippen molar-refractivity contribution in [3.63, 3.8) is 0 Å². The van der Waals surface area contributed by atoms with Crippen LogP contribution in [0.5, 0.6) is 0 Å².